The lowest BCUT2D eigenvalue weighted by molar-refractivity contribution is -0.917. The van der Waals surface area contributed by atoms with Gasteiger partial charge in [0.25, 0.3) is 5.91 Å². The predicted octanol–water partition coefficient (Wildman–Crippen LogP) is 1.27. The molecule has 0 aromatic heterocycles. The normalized spacial score (nSPS) is 25.7. The van der Waals surface area contributed by atoms with Gasteiger partial charge in [-0.25, -0.2) is 8.42 Å². The van der Waals surface area contributed by atoms with Crippen molar-refractivity contribution in [2.24, 2.45) is 5.92 Å². The van der Waals surface area contributed by atoms with E-state index in [1.54, 1.807) is 6.08 Å². The van der Waals surface area contributed by atoms with Crippen LogP contribution in [-0.4, -0.2) is 56.9 Å². The van der Waals surface area contributed by atoms with Crippen LogP contribution < -0.4 is 10.2 Å². The van der Waals surface area contributed by atoms with E-state index in [1.165, 1.54) is 29.0 Å². The van der Waals surface area contributed by atoms with Gasteiger partial charge in [0, 0.05) is 11.4 Å². The molecule has 3 rings (SSSR count). The summed E-state index contributed by atoms with van der Waals surface area (Å²) in [5.74, 6) is 0.632. The van der Waals surface area contributed by atoms with Gasteiger partial charge in [-0.2, -0.15) is 4.31 Å². The molecule has 1 amide bonds. The molecule has 7 heteroatoms. The number of carbonyl (C=O) groups is 1. The van der Waals surface area contributed by atoms with Gasteiger partial charge in [0.05, 0.1) is 26.2 Å². The molecule has 1 heterocycles. The molecular weight excluding hydrogens is 386 g/mol. The van der Waals surface area contributed by atoms with Crippen molar-refractivity contribution < 1.29 is 18.1 Å². The number of nitrogens with zero attached hydrogens (tertiary/aromatic N) is 1. The average molecular weight is 421 g/mol. The van der Waals surface area contributed by atoms with Crippen molar-refractivity contribution in [2.45, 2.75) is 51.6 Å². The van der Waals surface area contributed by atoms with E-state index in [4.69, 9.17) is 0 Å². The van der Waals surface area contributed by atoms with Crippen LogP contribution in [0.25, 0.3) is 6.08 Å². The molecule has 1 aromatic rings. The van der Waals surface area contributed by atoms with Crippen molar-refractivity contribution >= 4 is 22.0 Å². The summed E-state index contributed by atoms with van der Waals surface area (Å²) in [6.07, 6.45) is 6.32. The molecule has 1 saturated heterocycles. The van der Waals surface area contributed by atoms with Crippen molar-refractivity contribution in [3.8, 4) is 0 Å². The fourth-order valence-electron chi connectivity index (χ4n) is 4.30. The Hall–Kier alpha value is -1.70. The molecule has 0 unspecified atom stereocenters. The van der Waals surface area contributed by atoms with Crippen LogP contribution in [0.3, 0.4) is 0 Å². The van der Waals surface area contributed by atoms with Gasteiger partial charge in [-0.3, -0.25) is 4.79 Å². The lowest BCUT2D eigenvalue weighted by Gasteiger charge is -2.35. The minimum absolute atomic E-state index is 0.0963. The van der Waals surface area contributed by atoms with Crippen molar-refractivity contribution in [3.05, 3.63) is 41.3 Å². The Bertz CT molecular complexity index is 802. The number of benzene rings is 1. The molecule has 2 aliphatic rings. The molecule has 1 saturated carbocycles. The number of nitrogens with one attached hydrogen (secondary N) is 2. The third-order valence-electron chi connectivity index (χ3n) is 6.40. The first-order valence-electron chi connectivity index (χ1n) is 10.7. The number of sulfonamides is 1. The van der Waals surface area contributed by atoms with E-state index in [1.807, 2.05) is 37.3 Å². The summed E-state index contributed by atoms with van der Waals surface area (Å²) in [6, 6.07) is 9.55. The van der Waals surface area contributed by atoms with Crippen molar-refractivity contribution in [1.82, 2.24) is 9.62 Å². The molecule has 6 nitrogen and oxygen atoms in total. The maximum Gasteiger partial charge on any atom is 0.278 e. The molecule has 2 N–H and O–H groups in total. The number of rotatable bonds is 6. The molecule has 29 heavy (non-hydrogen) atoms. The molecule has 0 radical (unpaired) electrons. The molecule has 2 fully saturated rings. The van der Waals surface area contributed by atoms with E-state index < -0.39 is 10.0 Å². The van der Waals surface area contributed by atoms with Gasteiger partial charge in [-0.05, 0) is 37.3 Å². The number of carbonyl (C=O) groups excluding carboxylic acids is 1. The monoisotopic (exact) mass is 420 g/mol. The maximum atomic E-state index is 12.7. The fraction of sp³-hybridized carbons (Fsp3) is 0.591. The average Bonchev–Trinajstić information content (AvgIpc) is 2.74. The minimum Gasteiger partial charge on any atom is -0.348 e. The maximum absolute atomic E-state index is 12.7. The number of piperazine rings is 1. The number of amides is 1. The SMILES string of the molecule is C[C@@H]1CCCC[C@H]1NC(=O)[C@@H](C)[NH+]1CCN(S(=O)(=O)/C=C/c2ccccc2)CC1. The van der Waals surface area contributed by atoms with Crippen molar-refractivity contribution in [2.75, 3.05) is 26.2 Å². The summed E-state index contributed by atoms with van der Waals surface area (Å²) in [4.78, 5) is 13.9. The second kappa shape index (κ2) is 9.87. The number of hydrogen-bond donors (Lipinski definition) is 2. The smallest absolute Gasteiger partial charge is 0.278 e. The summed E-state index contributed by atoms with van der Waals surface area (Å²) >= 11 is 0. The first-order valence-corrected chi connectivity index (χ1v) is 12.3. The van der Waals surface area contributed by atoms with Crippen LogP contribution in [-0.2, 0) is 14.8 Å². The minimum atomic E-state index is -3.44. The van der Waals surface area contributed by atoms with E-state index in [-0.39, 0.29) is 18.0 Å². The first-order chi connectivity index (χ1) is 13.9. The van der Waals surface area contributed by atoms with Crippen LogP contribution in [0.2, 0.25) is 0 Å². The Morgan fingerprint density at radius 2 is 1.83 bits per heavy atom. The van der Waals surface area contributed by atoms with E-state index >= 15 is 0 Å². The molecule has 1 aliphatic carbocycles. The Morgan fingerprint density at radius 3 is 2.48 bits per heavy atom. The Morgan fingerprint density at radius 1 is 1.17 bits per heavy atom. The highest BCUT2D eigenvalue weighted by Gasteiger charge is 2.34. The molecule has 160 valence electrons. The third-order valence-corrected chi connectivity index (χ3v) is 7.97. The largest absolute Gasteiger partial charge is 0.348 e. The Labute approximate surface area is 175 Å². The Kier molecular flexibility index (Phi) is 7.49. The highest BCUT2D eigenvalue weighted by atomic mass is 32.2. The van der Waals surface area contributed by atoms with Crippen LogP contribution in [0, 0.1) is 5.92 Å². The number of quaternary nitrogens is 1. The summed E-state index contributed by atoms with van der Waals surface area (Å²) < 4.78 is 26.8. The van der Waals surface area contributed by atoms with Crippen LogP contribution in [0.15, 0.2) is 35.7 Å². The topological polar surface area (TPSA) is 70.9 Å². The standard InChI is InChI=1S/C22H33N3O3S/c1-18-8-6-7-11-21(18)23-22(26)19(2)24-13-15-25(16-14-24)29(27,28)17-12-20-9-4-3-5-10-20/h3-5,9-10,12,17-19,21H,6-8,11,13-16H2,1-2H3,(H,23,26)/p+1/b17-12+/t18-,19-,21-/m1/s1. The molecule has 0 spiro atoms. The van der Waals surface area contributed by atoms with Crippen molar-refractivity contribution in [1.29, 1.82) is 0 Å². The first kappa shape index (κ1) is 22.0. The summed E-state index contributed by atoms with van der Waals surface area (Å²) in [6.45, 7) is 6.34. The van der Waals surface area contributed by atoms with E-state index in [0.717, 1.165) is 16.9 Å². The van der Waals surface area contributed by atoms with E-state index in [0.29, 0.717) is 32.1 Å². The van der Waals surface area contributed by atoms with Crippen LogP contribution in [0.1, 0.15) is 45.1 Å². The highest BCUT2D eigenvalue weighted by Crippen LogP contribution is 2.23. The summed E-state index contributed by atoms with van der Waals surface area (Å²) in [5, 5.41) is 4.53. The Balaban J connectivity index is 1.51. The summed E-state index contributed by atoms with van der Waals surface area (Å²) in [7, 11) is -3.44. The second-order valence-corrected chi connectivity index (χ2v) is 10.2. The van der Waals surface area contributed by atoms with Gasteiger partial charge in [0.2, 0.25) is 10.0 Å². The van der Waals surface area contributed by atoms with E-state index in [2.05, 4.69) is 12.2 Å². The quantitative estimate of drug-likeness (QED) is 0.728. The number of hydrogen-bond acceptors (Lipinski definition) is 3. The van der Waals surface area contributed by atoms with Crippen molar-refractivity contribution in [3.63, 3.8) is 0 Å². The zero-order chi connectivity index (χ0) is 20.9. The predicted molar refractivity (Wildman–Crippen MR) is 116 cm³/mol. The molecule has 1 aromatic carbocycles. The summed E-state index contributed by atoms with van der Waals surface area (Å²) in [5.41, 5.74) is 0.863. The van der Waals surface area contributed by atoms with Gasteiger partial charge in [0.15, 0.2) is 6.04 Å². The lowest BCUT2D eigenvalue weighted by atomic mass is 9.86. The lowest BCUT2D eigenvalue weighted by Crippen LogP contribution is -3.19. The second-order valence-electron chi connectivity index (χ2n) is 8.41. The third kappa shape index (κ3) is 5.90. The fourth-order valence-corrected chi connectivity index (χ4v) is 5.49. The van der Waals surface area contributed by atoms with Gasteiger partial charge in [-0.1, -0.05) is 50.1 Å². The highest BCUT2D eigenvalue weighted by molar-refractivity contribution is 7.92. The van der Waals surface area contributed by atoms with Gasteiger partial charge >= 0.3 is 0 Å². The van der Waals surface area contributed by atoms with Gasteiger partial charge < -0.3 is 10.2 Å². The van der Waals surface area contributed by atoms with E-state index in [9.17, 15) is 13.2 Å². The molecule has 3 atom stereocenters. The molecule has 0 bridgehead atoms. The van der Waals surface area contributed by atoms with Crippen LogP contribution in [0.5, 0.6) is 0 Å². The van der Waals surface area contributed by atoms with Crippen LogP contribution in [0.4, 0.5) is 0 Å². The molecular formula is C22H34N3O3S+. The van der Waals surface area contributed by atoms with Crippen LogP contribution >= 0.6 is 0 Å². The van der Waals surface area contributed by atoms with Gasteiger partial charge in [0.1, 0.15) is 0 Å². The van der Waals surface area contributed by atoms with Gasteiger partial charge in [-0.15, -0.1) is 0 Å². The molecule has 1 aliphatic heterocycles. The zero-order valence-corrected chi connectivity index (χ0v) is 18.3. The zero-order valence-electron chi connectivity index (χ0n) is 17.5.